The van der Waals surface area contributed by atoms with Crippen LogP contribution in [0.5, 0.6) is 11.5 Å². The van der Waals surface area contributed by atoms with Gasteiger partial charge >= 0.3 is 5.97 Å². The number of carbonyl (C=O) groups is 4. The number of carbonyl (C=O) groups excluding carboxylic acids is 4. The number of hydrogen-bond donors (Lipinski definition) is 1. The molecule has 0 radical (unpaired) electrons. The standard InChI is InChI=1S/C20H15N3O8S/c1-30-15-8-11(9-16-18(25)22(10-17(21)24)20(27)32-16)2-7-14(15)31-19(26)12-3-5-13(6-4-12)23(28)29/h2-9H,10H2,1H3,(H2,21,24)/b16-9-. The van der Waals surface area contributed by atoms with E-state index in [-0.39, 0.29) is 27.7 Å². The highest BCUT2D eigenvalue weighted by molar-refractivity contribution is 8.18. The maximum atomic E-state index is 12.3. The predicted molar refractivity (Wildman–Crippen MR) is 113 cm³/mol. The molecule has 2 aromatic carbocycles. The molecule has 0 unspecified atom stereocenters. The zero-order chi connectivity index (χ0) is 23.4. The van der Waals surface area contributed by atoms with Crippen LogP contribution in [0.3, 0.4) is 0 Å². The van der Waals surface area contributed by atoms with Crippen molar-refractivity contribution in [3.05, 3.63) is 68.6 Å². The summed E-state index contributed by atoms with van der Waals surface area (Å²) in [5.74, 6) is -1.96. The number of benzene rings is 2. The number of ether oxygens (including phenoxy) is 2. The van der Waals surface area contributed by atoms with Crippen molar-refractivity contribution in [3.63, 3.8) is 0 Å². The molecule has 2 N–H and O–H groups in total. The average molecular weight is 457 g/mol. The van der Waals surface area contributed by atoms with E-state index in [1.165, 1.54) is 55.7 Å². The molecule has 164 valence electrons. The number of esters is 1. The first-order valence-corrected chi connectivity index (χ1v) is 9.69. The van der Waals surface area contributed by atoms with Gasteiger partial charge < -0.3 is 15.2 Å². The zero-order valence-corrected chi connectivity index (χ0v) is 17.3. The summed E-state index contributed by atoms with van der Waals surface area (Å²) in [5.41, 5.74) is 5.46. The highest BCUT2D eigenvalue weighted by Gasteiger charge is 2.35. The van der Waals surface area contributed by atoms with Gasteiger partial charge in [0, 0.05) is 12.1 Å². The number of non-ortho nitro benzene ring substituents is 1. The lowest BCUT2D eigenvalue weighted by atomic mass is 10.1. The maximum Gasteiger partial charge on any atom is 0.343 e. The minimum absolute atomic E-state index is 0.0786. The Kier molecular flexibility index (Phi) is 6.54. The number of primary amides is 1. The van der Waals surface area contributed by atoms with Crippen molar-refractivity contribution in [2.75, 3.05) is 13.7 Å². The molecule has 0 atom stereocenters. The molecule has 11 nitrogen and oxygen atoms in total. The minimum Gasteiger partial charge on any atom is -0.493 e. The van der Waals surface area contributed by atoms with Crippen molar-refractivity contribution in [1.82, 2.24) is 4.90 Å². The Morgan fingerprint density at radius 2 is 1.84 bits per heavy atom. The molecule has 32 heavy (non-hydrogen) atoms. The molecule has 1 heterocycles. The number of nitro benzene ring substituents is 1. The third-order valence-electron chi connectivity index (χ3n) is 4.19. The summed E-state index contributed by atoms with van der Waals surface area (Å²) in [6.07, 6.45) is 1.43. The molecule has 0 aliphatic carbocycles. The lowest BCUT2D eigenvalue weighted by Crippen LogP contribution is -2.36. The highest BCUT2D eigenvalue weighted by Crippen LogP contribution is 2.34. The molecule has 0 aromatic heterocycles. The van der Waals surface area contributed by atoms with E-state index in [1.54, 1.807) is 0 Å². The van der Waals surface area contributed by atoms with Crippen LogP contribution in [0.1, 0.15) is 15.9 Å². The topological polar surface area (TPSA) is 159 Å². The molecule has 0 saturated carbocycles. The second-order valence-electron chi connectivity index (χ2n) is 6.34. The summed E-state index contributed by atoms with van der Waals surface area (Å²) in [6, 6.07) is 9.35. The van der Waals surface area contributed by atoms with Crippen molar-refractivity contribution >= 4 is 46.5 Å². The zero-order valence-electron chi connectivity index (χ0n) is 16.5. The molecule has 1 aliphatic heterocycles. The van der Waals surface area contributed by atoms with Crippen molar-refractivity contribution in [1.29, 1.82) is 0 Å². The van der Waals surface area contributed by atoms with Gasteiger partial charge in [0.15, 0.2) is 11.5 Å². The smallest absolute Gasteiger partial charge is 0.343 e. The van der Waals surface area contributed by atoms with Gasteiger partial charge in [0.05, 0.1) is 22.5 Å². The fourth-order valence-electron chi connectivity index (χ4n) is 2.68. The number of rotatable bonds is 7. The number of hydrogen-bond acceptors (Lipinski definition) is 9. The Morgan fingerprint density at radius 1 is 1.16 bits per heavy atom. The number of nitrogens with two attached hydrogens (primary N) is 1. The molecular weight excluding hydrogens is 442 g/mol. The Balaban J connectivity index is 1.79. The fourth-order valence-corrected chi connectivity index (χ4v) is 3.52. The van der Waals surface area contributed by atoms with Gasteiger partial charge in [0.1, 0.15) is 6.54 Å². The molecule has 1 aliphatic rings. The summed E-state index contributed by atoms with van der Waals surface area (Å²) in [7, 11) is 1.35. The molecule has 2 aromatic rings. The van der Waals surface area contributed by atoms with Crippen LogP contribution < -0.4 is 15.2 Å². The van der Waals surface area contributed by atoms with Gasteiger partial charge in [-0.2, -0.15) is 0 Å². The molecule has 3 amide bonds. The maximum absolute atomic E-state index is 12.3. The van der Waals surface area contributed by atoms with Crippen molar-refractivity contribution in [2.45, 2.75) is 0 Å². The quantitative estimate of drug-likeness (QED) is 0.216. The van der Waals surface area contributed by atoms with Crippen LogP contribution in [0.15, 0.2) is 47.4 Å². The molecule has 1 fully saturated rings. The van der Waals surface area contributed by atoms with E-state index in [2.05, 4.69) is 0 Å². The SMILES string of the molecule is COc1cc(/C=C2\SC(=O)N(CC(N)=O)C2=O)ccc1OC(=O)c1ccc([N+](=O)[O-])cc1. The lowest BCUT2D eigenvalue weighted by Gasteiger charge is -2.10. The van der Waals surface area contributed by atoms with Gasteiger partial charge in [-0.15, -0.1) is 0 Å². The van der Waals surface area contributed by atoms with Crippen LogP contribution >= 0.6 is 11.8 Å². The molecule has 3 rings (SSSR count). The van der Waals surface area contributed by atoms with Crippen molar-refractivity contribution in [3.8, 4) is 11.5 Å². The number of imide groups is 1. The van der Waals surface area contributed by atoms with Gasteiger partial charge in [-0.1, -0.05) is 6.07 Å². The number of methoxy groups -OCH3 is 1. The first-order valence-electron chi connectivity index (χ1n) is 8.88. The first-order chi connectivity index (χ1) is 15.2. The van der Waals surface area contributed by atoms with Crippen LogP contribution in [0.2, 0.25) is 0 Å². The molecule has 1 saturated heterocycles. The Bertz CT molecular complexity index is 1160. The van der Waals surface area contributed by atoms with Gasteiger partial charge in [-0.25, -0.2) is 4.79 Å². The molecule has 0 spiro atoms. The number of amides is 3. The van der Waals surface area contributed by atoms with Gasteiger partial charge in [-0.3, -0.25) is 29.4 Å². The van der Waals surface area contributed by atoms with E-state index in [1.807, 2.05) is 0 Å². The summed E-state index contributed by atoms with van der Waals surface area (Å²) in [4.78, 5) is 58.6. The minimum atomic E-state index is -0.811. The lowest BCUT2D eigenvalue weighted by molar-refractivity contribution is -0.384. The highest BCUT2D eigenvalue weighted by atomic mass is 32.2. The Hall–Kier alpha value is -4.19. The van der Waals surface area contributed by atoms with E-state index < -0.39 is 34.5 Å². The second-order valence-corrected chi connectivity index (χ2v) is 7.33. The fraction of sp³-hybridized carbons (Fsp3) is 0.100. The predicted octanol–water partition coefficient (Wildman–Crippen LogP) is 2.34. The van der Waals surface area contributed by atoms with Crippen LogP contribution in [0.4, 0.5) is 10.5 Å². The molecular formula is C20H15N3O8S. The first kappa shape index (κ1) is 22.5. The van der Waals surface area contributed by atoms with Gasteiger partial charge in [0.2, 0.25) is 5.91 Å². The van der Waals surface area contributed by atoms with Gasteiger partial charge in [0.25, 0.3) is 16.8 Å². The number of nitro groups is 1. The van der Waals surface area contributed by atoms with Crippen LogP contribution in [-0.2, 0) is 9.59 Å². The Labute approximate surface area is 184 Å². The van der Waals surface area contributed by atoms with E-state index in [9.17, 15) is 29.3 Å². The van der Waals surface area contributed by atoms with Crippen LogP contribution in [0, 0.1) is 10.1 Å². The Morgan fingerprint density at radius 3 is 2.44 bits per heavy atom. The van der Waals surface area contributed by atoms with E-state index in [0.29, 0.717) is 17.3 Å². The monoisotopic (exact) mass is 457 g/mol. The summed E-state index contributed by atoms with van der Waals surface area (Å²) >= 11 is 0.664. The van der Waals surface area contributed by atoms with Gasteiger partial charge in [-0.05, 0) is 47.7 Å². The van der Waals surface area contributed by atoms with Crippen molar-refractivity contribution < 1.29 is 33.6 Å². The molecule has 0 bridgehead atoms. The second kappa shape index (κ2) is 9.31. The third-order valence-corrected chi connectivity index (χ3v) is 5.10. The normalized spacial score (nSPS) is 14.5. The summed E-state index contributed by atoms with van der Waals surface area (Å²) in [5, 5.41) is 10.1. The molecule has 12 heteroatoms. The van der Waals surface area contributed by atoms with E-state index in [4.69, 9.17) is 15.2 Å². The average Bonchev–Trinajstić information content (AvgIpc) is 3.01. The number of thioether (sulfide) groups is 1. The van der Waals surface area contributed by atoms with E-state index >= 15 is 0 Å². The van der Waals surface area contributed by atoms with E-state index in [0.717, 1.165) is 4.90 Å². The third kappa shape index (κ3) is 4.92. The summed E-state index contributed by atoms with van der Waals surface area (Å²) < 4.78 is 10.5. The summed E-state index contributed by atoms with van der Waals surface area (Å²) in [6.45, 7) is -0.511. The van der Waals surface area contributed by atoms with Crippen LogP contribution in [0.25, 0.3) is 6.08 Å². The van der Waals surface area contributed by atoms with Crippen LogP contribution in [-0.4, -0.2) is 46.5 Å². The number of nitrogens with zero attached hydrogens (tertiary/aromatic N) is 2. The van der Waals surface area contributed by atoms with Crippen molar-refractivity contribution in [2.24, 2.45) is 5.73 Å². The largest absolute Gasteiger partial charge is 0.493 e.